The van der Waals surface area contributed by atoms with Gasteiger partial charge in [-0.2, -0.15) is 0 Å². The van der Waals surface area contributed by atoms with Crippen LogP contribution in [0.3, 0.4) is 0 Å². The van der Waals surface area contributed by atoms with Gasteiger partial charge in [-0.3, -0.25) is 0 Å². The minimum absolute atomic E-state index is 0.00576. The Morgan fingerprint density at radius 1 is 1.29 bits per heavy atom. The zero-order valence-corrected chi connectivity index (χ0v) is 9.28. The van der Waals surface area contributed by atoms with Gasteiger partial charge in [0.1, 0.15) is 0 Å². The number of hydrogen-bond donors (Lipinski definition) is 1. The number of likely N-dealkylation sites (tertiary alicyclic amines) is 1. The summed E-state index contributed by atoms with van der Waals surface area (Å²) >= 11 is 0. The Bertz CT molecular complexity index is 183. The molecule has 2 nitrogen and oxygen atoms in total. The molecule has 2 fully saturated rings. The molecule has 14 heavy (non-hydrogen) atoms. The number of hydrogen-bond acceptors (Lipinski definition) is 2. The van der Waals surface area contributed by atoms with Gasteiger partial charge in [0.2, 0.25) is 0 Å². The first-order valence-electron chi connectivity index (χ1n) is 6.14. The highest BCUT2D eigenvalue weighted by Gasteiger charge is 2.25. The maximum Gasteiger partial charge on any atom is 0.0543 e. The van der Waals surface area contributed by atoms with Gasteiger partial charge in [-0.15, -0.1) is 0 Å². The van der Waals surface area contributed by atoms with Crippen molar-refractivity contribution in [3.63, 3.8) is 0 Å². The van der Waals surface area contributed by atoms with Crippen LogP contribution in [0.2, 0.25) is 0 Å². The monoisotopic (exact) mass is 197 g/mol. The van der Waals surface area contributed by atoms with Crippen molar-refractivity contribution in [2.45, 2.75) is 45.1 Å². The summed E-state index contributed by atoms with van der Waals surface area (Å²) in [5.74, 6) is 1.66. The molecule has 0 aromatic rings. The fourth-order valence-electron chi connectivity index (χ4n) is 2.99. The fraction of sp³-hybridized carbons (Fsp3) is 1.00. The summed E-state index contributed by atoms with van der Waals surface area (Å²) < 4.78 is 0. The molecule has 1 aliphatic carbocycles. The highest BCUT2D eigenvalue weighted by Crippen LogP contribution is 2.26. The Morgan fingerprint density at radius 2 is 2.14 bits per heavy atom. The summed E-state index contributed by atoms with van der Waals surface area (Å²) in [5.41, 5.74) is 0. The van der Waals surface area contributed by atoms with Crippen molar-refractivity contribution >= 4 is 0 Å². The summed E-state index contributed by atoms with van der Waals surface area (Å²) in [6.07, 6.45) is 6.01. The van der Waals surface area contributed by atoms with Gasteiger partial charge >= 0.3 is 0 Å². The van der Waals surface area contributed by atoms with Crippen molar-refractivity contribution in [2.75, 3.05) is 19.6 Å². The van der Waals surface area contributed by atoms with E-state index in [0.29, 0.717) is 0 Å². The lowest BCUT2D eigenvalue weighted by Crippen LogP contribution is -2.31. The van der Waals surface area contributed by atoms with E-state index in [4.69, 9.17) is 0 Å². The molecular weight excluding hydrogens is 174 g/mol. The molecule has 3 atom stereocenters. The van der Waals surface area contributed by atoms with Gasteiger partial charge in [0.25, 0.3) is 0 Å². The molecular formula is C12H23NO. The largest absolute Gasteiger partial charge is 0.393 e. The second kappa shape index (κ2) is 4.63. The molecule has 0 spiro atoms. The van der Waals surface area contributed by atoms with Crippen molar-refractivity contribution in [1.29, 1.82) is 0 Å². The molecule has 1 N–H and O–H groups in total. The molecule has 1 saturated heterocycles. The summed E-state index contributed by atoms with van der Waals surface area (Å²) in [5, 5.41) is 9.59. The van der Waals surface area contributed by atoms with Gasteiger partial charge in [-0.25, -0.2) is 0 Å². The molecule has 3 unspecified atom stereocenters. The van der Waals surface area contributed by atoms with Crippen LogP contribution in [0, 0.1) is 11.8 Å². The average Bonchev–Trinajstić information content (AvgIpc) is 2.51. The maximum absolute atomic E-state index is 9.59. The van der Waals surface area contributed by atoms with Crippen molar-refractivity contribution < 1.29 is 5.11 Å². The summed E-state index contributed by atoms with van der Waals surface area (Å²) in [6.45, 7) is 6.15. The van der Waals surface area contributed by atoms with Crippen LogP contribution in [0.5, 0.6) is 0 Å². The zero-order chi connectivity index (χ0) is 9.97. The Kier molecular flexibility index (Phi) is 3.45. The molecule has 0 aromatic carbocycles. The Labute approximate surface area is 87.3 Å². The summed E-state index contributed by atoms with van der Waals surface area (Å²) in [7, 11) is 0. The molecule has 1 saturated carbocycles. The minimum Gasteiger partial charge on any atom is -0.393 e. The molecule has 0 aromatic heterocycles. The fourth-order valence-corrected chi connectivity index (χ4v) is 2.99. The summed E-state index contributed by atoms with van der Waals surface area (Å²) in [6, 6.07) is 0. The SMILES string of the molecule is CC1CCN(CC2CCCC(O)C2)C1. The third-order valence-corrected chi connectivity index (χ3v) is 3.78. The molecule has 1 heterocycles. The first-order chi connectivity index (χ1) is 6.74. The van der Waals surface area contributed by atoms with E-state index in [1.165, 1.54) is 38.9 Å². The average molecular weight is 197 g/mol. The van der Waals surface area contributed by atoms with Crippen LogP contribution in [-0.2, 0) is 0 Å². The van der Waals surface area contributed by atoms with E-state index < -0.39 is 0 Å². The summed E-state index contributed by atoms with van der Waals surface area (Å²) in [4.78, 5) is 2.59. The lowest BCUT2D eigenvalue weighted by Gasteiger charge is -2.29. The standard InChI is InChI=1S/C12H23NO/c1-10-5-6-13(8-10)9-11-3-2-4-12(14)7-11/h10-12,14H,2-9H2,1H3. The van der Waals surface area contributed by atoms with E-state index >= 15 is 0 Å². The number of aliphatic hydroxyl groups excluding tert-OH is 1. The molecule has 0 radical (unpaired) electrons. The van der Waals surface area contributed by atoms with Crippen LogP contribution in [-0.4, -0.2) is 35.7 Å². The molecule has 2 aliphatic rings. The number of rotatable bonds is 2. The lowest BCUT2D eigenvalue weighted by atomic mass is 9.87. The van der Waals surface area contributed by atoms with Crippen molar-refractivity contribution in [2.24, 2.45) is 11.8 Å². The van der Waals surface area contributed by atoms with E-state index in [9.17, 15) is 5.11 Å². The van der Waals surface area contributed by atoms with Gasteiger partial charge in [0, 0.05) is 13.1 Å². The predicted molar refractivity (Wildman–Crippen MR) is 58.2 cm³/mol. The smallest absolute Gasteiger partial charge is 0.0543 e. The molecule has 2 heteroatoms. The third-order valence-electron chi connectivity index (χ3n) is 3.78. The number of nitrogens with zero attached hydrogens (tertiary/aromatic N) is 1. The van der Waals surface area contributed by atoms with Crippen LogP contribution in [0.25, 0.3) is 0 Å². The molecule has 0 amide bonds. The topological polar surface area (TPSA) is 23.5 Å². The van der Waals surface area contributed by atoms with E-state index in [1.54, 1.807) is 0 Å². The highest BCUT2D eigenvalue weighted by atomic mass is 16.3. The van der Waals surface area contributed by atoms with Gasteiger partial charge < -0.3 is 10.0 Å². The van der Waals surface area contributed by atoms with E-state index in [1.807, 2.05) is 0 Å². The van der Waals surface area contributed by atoms with Gasteiger partial charge in [-0.1, -0.05) is 13.3 Å². The van der Waals surface area contributed by atoms with Gasteiger partial charge in [0.15, 0.2) is 0 Å². The Hall–Kier alpha value is -0.0800. The zero-order valence-electron chi connectivity index (χ0n) is 9.28. The molecule has 2 rings (SSSR count). The van der Waals surface area contributed by atoms with Crippen LogP contribution < -0.4 is 0 Å². The van der Waals surface area contributed by atoms with Crippen LogP contribution in [0.4, 0.5) is 0 Å². The second-order valence-corrected chi connectivity index (χ2v) is 5.34. The van der Waals surface area contributed by atoms with E-state index in [2.05, 4.69) is 11.8 Å². The first kappa shape index (κ1) is 10.4. The van der Waals surface area contributed by atoms with Crippen LogP contribution >= 0.6 is 0 Å². The lowest BCUT2D eigenvalue weighted by molar-refractivity contribution is 0.0873. The van der Waals surface area contributed by atoms with Crippen LogP contribution in [0.1, 0.15) is 39.0 Å². The molecule has 1 aliphatic heterocycles. The van der Waals surface area contributed by atoms with E-state index in [-0.39, 0.29) is 6.10 Å². The Balaban J connectivity index is 1.74. The molecule has 82 valence electrons. The normalized spacial score (nSPS) is 40.3. The second-order valence-electron chi connectivity index (χ2n) is 5.34. The highest BCUT2D eigenvalue weighted by molar-refractivity contribution is 4.79. The van der Waals surface area contributed by atoms with Crippen LogP contribution in [0.15, 0.2) is 0 Å². The maximum atomic E-state index is 9.59. The van der Waals surface area contributed by atoms with Crippen molar-refractivity contribution in [1.82, 2.24) is 4.90 Å². The predicted octanol–water partition coefficient (Wildman–Crippen LogP) is 1.88. The third kappa shape index (κ3) is 2.71. The quantitative estimate of drug-likeness (QED) is 0.730. The van der Waals surface area contributed by atoms with Crippen molar-refractivity contribution in [3.05, 3.63) is 0 Å². The first-order valence-corrected chi connectivity index (χ1v) is 6.14. The molecule has 0 bridgehead atoms. The van der Waals surface area contributed by atoms with Crippen molar-refractivity contribution in [3.8, 4) is 0 Å². The minimum atomic E-state index is -0.00576. The van der Waals surface area contributed by atoms with Gasteiger partial charge in [-0.05, 0) is 44.1 Å². The van der Waals surface area contributed by atoms with E-state index in [0.717, 1.165) is 24.7 Å². The number of aliphatic hydroxyl groups is 1. The van der Waals surface area contributed by atoms with Gasteiger partial charge in [0.05, 0.1) is 6.10 Å². The Morgan fingerprint density at radius 3 is 2.79 bits per heavy atom.